The molecule has 34 heavy (non-hydrogen) atoms. The molecule has 0 bridgehead atoms. The number of ether oxygens (including phenoxy) is 1. The van der Waals surface area contributed by atoms with Gasteiger partial charge in [0.15, 0.2) is 11.0 Å². The van der Waals surface area contributed by atoms with Crippen molar-refractivity contribution in [3.05, 3.63) is 88.7 Å². The Labute approximate surface area is 211 Å². The first-order chi connectivity index (χ1) is 16.5. The van der Waals surface area contributed by atoms with E-state index in [2.05, 4.69) is 20.8 Å². The SMILES string of the molecule is COc1ccc(NC(=O)CSc2nnc(CNc3ccc(Cl)cc3)n2-c2ccccc2)cc1Cl. The second kappa shape index (κ2) is 11.3. The van der Waals surface area contributed by atoms with Crippen LogP contribution in [-0.2, 0) is 11.3 Å². The van der Waals surface area contributed by atoms with E-state index in [1.807, 2.05) is 59.2 Å². The van der Waals surface area contributed by atoms with Gasteiger partial charge in [-0.3, -0.25) is 9.36 Å². The maximum atomic E-state index is 12.6. The molecule has 4 rings (SSSR count). The highest BCUT2D eigenvalue weighted by Crippen LogP contribution is 2.28. The molecule has 0 saturated carbocycles. The molecule has 0 aliphatic carbocycles. The van der Waals surface area contributed by atoms with Crippen molar-refractivity contribution in [1.82, 2.24) is 14.8 Å². The molecule has 1 aromatic heterocycles. The summed E-state index contributed by atoms with van der Waals surface area (Å²) in [7, 11) is 1.54. The number of nitrogens with zero attached hydrogens (tertiary/aromatic N) is 3. The minimum Gasteiger partial charge on any atom is -0.495 e. The molecule has 0 unspecified atom stereocenters. The molecule has 0 spiro atoms. The first-order valence-corrected chi connectivity index (χ1v) is 12.0. The van der Waals surface area contributed by atoms with Crippen LogP contribution in [0.3, 0.4) is 0 Å². The second-order valence-corrected chi connectivity index (χ2v) is 8.90. The molecule has 2 N–H and O–H groups in total. The average Bonchev–Trinajstić information content (AvgIpc) is 3.26. The lowest BCUT2D eigenvalue weighted by molar-refractivity contribution is -0.113. The van der Waals surface area contributed by atoms with E-state index in [0.717, 1.165) is 11.4 Å². The van der Waals surface area contributed by atoms with E-state index in [4.69, 9.17) is 27.9 Å². The van der Waals surface area contributed by atoms with Crippen LogP contribution in [0.2, 0.25) is 10.0 Å². The Morgan fingerprint density at radius 2 is 1.74 bits per heavy atom. The fourth-order valence-corrected chi connectivity index (χ4v) is 4.32. The molecule has 0 aliphatic heterocycles. The predicted octanol–water partition coefficient (Wildman–Crippen LogP) is 5.93. The molecule has 174 valence electrons. The molecule has 4 aromatic rings. The Morgan fingerprint density at radius 1 is 1.00 bits per heavy atom. The monoisotopic (exact) mass is 513 g/mol. The van der Waals surface area contributed by atoms with Crippen LogP contribution in [0.5, 0.6) is 5.75 Å². The van der Waals surface area contributed by atoms with Gasteiger partial charge in [-0.2, -0.15) is 0 Å². The van der Waals surface area contributed by atoms with Gasteiger partial charge in [-0.15, -0.1) is 10.2 Å². The minimum atomic E-state index is -0.185. The summed E-state index contributed by atoms with van der Waals surface area (Å²) in [6, 6.07) is 22.3. The van der Waals surface area contributed by atoms with Crippen LogP contribution in [0.1, 0.15) is 5.82 Å². The van der Waals surface area contributed by atoms with Crippen LogP contribution in [0.25, 0.3) is 5.69 Å². The van der Waals surface area contributed by atoms with Crippen molar-refractivity contribution in [3.8, 4) is 11.4 Å². The Kier molecular flexibility index (Phi) is 7.95. The smallest absolute Gasteiger partial charge is 0.234 e. The Balaban J connectivity index is 1.47. The van der Waals surface area contributed by atoms with E-state index in [1.54, 1.807) is 18.2 Å². The number of nitrogens with one attached hydrogen (secondary N) is 2. The lowest BCUT2D eigenvalue weighted by Gasteiger charge is -2.12. The maximum Gasteiger partial charge on any atom is 0.234 e. The van der Waals surface area contributed by atoms with E-state index in [9.17, 15) is 4.79 Å². The Bertz CT molecular complexity index is 1270. The zero-order valence-electron chi connectivity index (χ0n) is 18.2. The summed E-state index contributed by atoms with van der Waals surface area (Å²) in [6.45, 7) is 0.445. The number of anilines is 2. The summed E-state index contributed by atoms with van der Waals surface area (Å²) >= 11 is 13.4. The number of thioether (sulfide) groups is 1. The second-order valence-electron chi connectivity index (χ2n) is 7.12. The number of hydrogen-bond donors (Lipinski definition) is 2. The van der Waals surface area contributed by atoms with Crippen LogP contribution in [-0.4, -0.2) is 33.5 Å². The van der Waals surface area contributed by atoms with E-state index in [-0.39, 0.29) is 11.7 Å². The van der Waals surface area contributed by atoms with E-state index >= 15 is 0 Å². The summed E-state index contributed by atoms with van der Waals surface area (Å²) in [4.78, 5) is 12.6. The van der Waals surface area contributed by atoms with Gasteiger partial charge in [0.1, 0.15) is 5.75 Å². The first kappa shape index (κ1) is 23.9. The number of rotatable bonds is 9. The van der Waals surface area contributed by atoms with Crippen LogP contribution >= 0.6 is 35.0 Å². The van der Waals surface area contributed by atoms with Crippen LogP contribution in [0, 0.1) is 0 Å². The molecular weight excluding hydrogens is 493 g/mol. The van der Waals surface area contributed by atoms with Crippen molar-refractivity contribution in [2.45, 2.75) is 11.7 Å². The molecule has 3 aromatic carbocycles. The Morgan fingerprint density at radius 3 is 2.44 bits per heavy atom. The fourth-order valence-electron chi connectivity index (χ4n) is 3.16. The summed E-state index contributed by atoms with van der Waals surface area (Å²) in [5.41, 5.74) is 2.41. The van der Waals surface area contributed by atoms with Gasteiger partial charge in [0.25, 0.3) is 0 Å². The number of halogens is 2. The molecular formula is C24H21Cl2N5O2S. The highest BCUT2D eigenvalue weighted by Gasteiger charge is 2.16. The van der Waals surface area contributed by atoms with Crippen molar-refractivity contribution in [2.24, 2.45) is 0 Å². The molecule has 0 atom stereocenters. The number of para-hydroxylation sites is 1. The lowest BCUT2D eigenvalue weighted by Crippen LogP contribution is -2.15. The molecule has 1 amide bonds. The summed E-state index contributed by atoms with van der Waals surface area (Å²) in [6.07, 6.45) is 0. The van der Waals surface area contributed by atoms with Crippen molar-refractivity contribution in [3.63, 3.8) is 0 Å². The van der Waals surface area contributed by atoms with Gasteiger partial charge in [-0.25, -0.2) is 0 Å². The number of hydrogen-bond acceptors (Lipinski definition) is 6. The van der Waals surface area contributed by atoms with Crippen LogP contribution in [0.4, 0.5) is 11.4 Å². The number of carbonyl (C=O) groups is 1. The van der Waals surface area contributed by atoms with Gasteiger partial charge in [0.2, 0.25) is 5.91 Å². The number of benzene rings is 3. The molecule has 0 saturated heterocycles. The van der Waals surface area contributed by atoms with Crippen molar-refractivity contribution >= 4 is 52.2 Å². The highest BCUT2D eigenvalue weighted by atomic mass is 35.5. The van der Waals surface area contributed by atoms with E-state index in [1.165, 1.54) is 18.9 Å². The van der Waals surface area contributed by atoms with Crippen LogP contribution < -0.4 is 15.4 Å². The third-order valence-corrected chi connectivity index (χ3v) is 6.25. The average molecular weight is 514 g/mol. The number of amides is 1. The molecule has 0 aliphatic rings. The molecule has 10 heteroatoms. The third kappa shape index (κ3) is 6.02. The lowest BCUT2D eigenvalue weighted by atomic mass is 10.3. The van der Waals surface area contributed by atoms with Crippen LogP contribution in [0.15, 0.2) is 78.0 Å². The standard InChI is InChI=1S/C24H21Cl2N5O2S/c1-33-21-12-11-18(13-20(21)26)28-23(32)15-34-24-30-29-22(31(24)19-5-3-2-4-6-19)14-27-17-9-7-16(25)8-10-17/h2-13,27H,14-15H2,1H3,(H,28,32). The van der Waals surface area contributed by atoms with E-state index in [0.29, 0.717) is 39.0 Å². The van der Waals surface area contributed by atoms with Crippen molar-refractivity contribution < 1.29 is 9.53 Å². The van der Waals surface area contributed by atoms with Gasteiger partial charge in [-0.1, -0.05) is 53.2 Å². The molecule has 7 nitrogen and oxygen atoms in total. The molecule has 1 heterocycles. The molecule has 0 fully saturated rings. The summed E-state index contributed by atoms with van der Waals surface area (Å²) < 4.78 is 7.08. The first-order valence-electron chi connectivity index (χ1n) is 10.3. The fraction of sp³-hybridized carbons (Fsp3) is 0.125. The normalized spacial score (nSPS) is 10.7. The summed E-state index contributed by atoms with van der Waals surface area (Å²) in [5.74, 6) is 1.23. The quantitative estimate of drug-likeness (QED) is 0.270. The Hall–Kier alpha value is -3.20. The predicted molar refractivity (Wildman–Crippen MR) is 137 cm³/mol. The molecule has 0 radical (unpaired) electrons. The van der Waals surface area contributed by atoms with E-state index < -0.39 is 0 Å². The maximum absolute atomic E-state index is 12.6. The van der Waals surface area contributed by atoms with Gasteiger partial charge in [-0.05, 0) is 54.6 Å². The number of aromatic nitrogens is 3. The van der Waals surface area contributed by atoms with Gasteiger partial charge >= 0.3 is 0 Å². The third-order valence-electron chi connectivity index (χ3n) is 4.78. The highest BCUT2D eigenvalue weighted by molar-refractivity contribution is 7.99. The number of methoxy groups -OCH3 is 1. The topological polar surface area (TPSA) is 81.1 Å². The van der Waals surface area contributed by atoms with Crippen molar-refractivity contribution in [2.75, 3.05) is 23.5 Å². The minimum absolute atomic E-state index is 0.152. The van der Waals surface area contributed by atoms with Gasteiger partial charge in [0, 0.05) is 22.1 Å². The zero-order valence-corrected chi connectivity index (χ0v) is 20.5. The number of carbonyl (C=O) groups excluding carboxylic acids is 1. The largest absolute Gasteiger partial charge is 0.495 e. The van der Waals surface area contributed by atoms with Gasteiger partial charge in [0.05, 0.1) is 24.4 Å². The zero-order chi connectivity index (χ0) is 23.9. The van der Waals surface area contributed by atoms with Crippen molar-refractivity contribution in [1.29, 1.82) is 0 Å². The summed E-state index contributed by atoms with van der Waals surface area (Å²) in [5, 5.41) is 16.6. The van der Waals surface area contributed by atoms with Gasteiger partial charge < -0.3 is 15.4 Å².